The smallest absolute Gasteiger partial charge is 0.122 e. The minimum atomic E-state index is -0.772. The highest BCUT2D eigenvalue weighted by atomic mass is 16.5. The van der Waals surface area contributed by atoms with Crippen LogP contribution in [0.25, 0.3) is 22.2 Å². The van der Waals surface area contributed by atoms with E-state index in [1.807, 2.05) is 39.8 Å². The van der Waals surface area contributed by atoms with Gasteiger partial charge in [-0.1, -0.05) is 30.3 Å². The molecular weight excluding hydrogens is 334 g/mol. The Balaban J connectivity index is 2.03. The van der Waals surface area contributed by atoms with E-state index >= 15 is 0 Å². The van der Waals surface area contributed by atoms with Crippen molar-refractivity contribution in [3.05, 3.63) is 54.6 Å². The fourth-order valence-corrected chi connectivity index (χ4v) is 4.05. The standard InChI is InChI=1S/C24H31NO2/c1-17(2)25-21(18-10-8-7-9-11-18)14-19-12-13-20(15-22(19)25)27-24(5,6)16-23(3,4)26/h7-15,17,26H,16H2,1-6H3. The van der Waals surface area contributed by atoms with E-state index in [1.54, 1.807) is 0 Å². The van der Waals surface area contributed by atoms with E-state index in [9.17, 15) is 5.11 Å². The summed E-state index contributed by atoms with van der Waals surface area (Å²) in [5, 5.41) is 11.4. The molecule has 3 aromatic rings. The average molecular weight is 366 g/mol. The molecule has 3 rings (SSSR count). The summed E-state index contributed by atoms with van der Waals surface area (Å²) in [5.74, 6) is 0.830. The molecule has 0 aliphatic carbocycles. The Morgan fingerprint density at radius 3 is 2.22 bits per heavy atom. The van der Waals surface area contributed by atoms with Crippen molar-refractivity contribution in [1.29, 1.82) is 0 Å². The minimum Gasteiger partial charge on any atom is -0.488 e. The first-order valence-corrected chi connectivity index (χ1v) is 9.68. The molecule has 0 aliphatic rings. The van der Waals surface area contributed by atoms with Crippen LogP contribution in [-0.2, 0) is 0 Å². The van der Waals surface area contributed by atoms with Gasteiger partial charge in [0.1, 0.15) is 11.4 Å². The summed E-state index contributed by atoms with van der Waals surface area (Å²) in [5.41, 5.74) is 2.37. The summed E-state index contributed by atoms with van der Waals surface area (Å²) in [6.07, 6.45) is 0.554. The quantitative estimate of drug-likeness (QED) is 0.564. The Morgan fingerprint density at radius 2 is 1.63 bits per heavy atom. The maximum atomic E-state index is 10.2. The summed E-state index contributed by atoms with van der Waals surface area (Å²) in [7, 11) is 0. The van der Waals surface area contributed by atoms with Crippen LogP contribution >= 0.6 is 0 Å². The van der Waals surface area contributed by atoms with E-state index in [1.165, 1.54) is 22.2 Å². The summed E-state index contributed by atoms with van der Waals surface area (Å²) in [4.78, 5) is 0. The topological polar surface area (TPSA) is 34.4 Å². The fourth-order valence-electron chi connectivity index (χ4n) is 4.05. The Morgan fingerprint density at radius 1 is 0.963 bits per heavy atom. The molecular formula is C24H31NO2. The number of ether oxygens (including phenoxy) is 1. The highest BCUT2D eigenvalue weighted by Gasteiger charge is 2.29. The Labute approximate surface area is 162 Å². The van der Waals surface area contributed by atoms with E-state index in [0.717, 1.165) is 5.75 Å². The number of rotatable bonds is 6. The molecule has 1 heterocycles. The number of aliphatic hydroxyl groups is 1. The van der Waals surface area contributed by atoms with Gasteiger partial charge in [0.15, 0.2) is 0 Å². The molecule has 0 unspecified atom stereocenters. The van der Waals surface area contributed by atoms with E-state index in [2.05, 4.69) is 60.9 Å². The van der Waals surface area contributed by atoms with Crippen molar-refractivity contribution < 1.29 is 9.84 Å². The normalized spacial score (nSPS) is 12.7. The Bertz CT molecular complexity index is 915. The van der Waals surface area contributed by atoms with Crippen LogP contribution in [0.1, 0.15) is 54.0 Å². The lowest BCUT2D eigenvalue weighted by molar-refractivity contribution is -0.0105. The molecule has 0 saturated carbocycles. The molecule has 1 aromatic heterocycles. The van der Waals surface area contributed by atoms with Crippen LogP contribution in [0.5, 0.6) is 5.75 Å². The van der Waals surface area contributed by atoms with Crippen LogP contribution in [0.15, 0.2) is 54.6 Å². The molecule has 0 atom stereocenters. The Hall–Kier alpha value is -2.26. The largest absolute Gasteiger partial charge is 0.488 e. The molecule has 0 bridgehead atoms. The number of hydrogen-bond donors (Lipinski definition) is 1. The van der Waals surface area contributed by atoms with Crippen LogP contribution in [0.4, 0.5) is 0 Å². The second kappa shape index (κ2) is 7.05. The van der Waals surface area contributed by atoms with Crippen LogP contribution in [0.2, 0.25) is 0 Å². The van der Waals surface area contributed by atoms with Crippen LogP contribution in [0.3, 0.4) is 0 Å². The van der Waals surface area contributed by atoms with E-state index in [-0.39, 0.29) is 0 Å². The highest BCUT2D eigenvalue weighted by Crippen LogP contribution is 2.35. The van der Waals surface area contributed by atoms with Crippen molar-refractivity contribution in [2.24, 2.45) is 0 Å². The van der Waals surface area contributed by atoms with Gasteiger partial charge < -0.3 is 14.4 Å². The number of nitrogens with zero attached hydrogens (tertiary/aromatic N) is 1. The lowest BCUT2D eigenvalue weighted by Gasteiger charge is -2.32. The third kappa shape index (κ3) is 4.54. The second-order valence-corrected chi connectivity index (χ2v) is 8.93. The first-order chi connectivity index (χ1) is 12.6. The molecule has 144 valence electrons. The average Bonchev–Trinajstić information content (AvgIpc) is 2.91. The summed E-state index contributed by atoms with van der Waals surface area (Å²) in [6.45, 7) is 12.1. The molecule has 0 radical (unpaired) electrons. The first-order valence-electron chi connectivity index (χ1n) is 9.68. The number of aromatic nitrogens is 1. The van der Waals surface area contributed by atoms with Gasteiger partial charge in [0.05, 0.1) is 11.1 Å². The van der Waals surface area contributed by atoms with E-state index in [0.29, 0.717) is 12.5 Å². The fraction of sp³-hybridized carbons (Fsp3) is 0.417. The van der Waals surface area contributed by atoms with Gasteiger partial charge in [0, 0.05) is 29.6 Å². The predicted molar refractivity (Wildman–Crippen MR) is 113 cm³/mol. The molecule has 3 heteroatoms. The molecule has 0 aliphatic heterocycles. The van der Waals surface area contributed by atoms with Gasteiger partial charge in [0.2, 0.25) is 0 Å². The number of fused-ring (bicyclic) bond motifs is 1. The first kappa shape index (κ1) is 19.5. The van der Waals surface area contributed by atoms with Crippen molar-refractivity contribution in [2.45, 2.75) is 65.2 Å². The van der Waals surface area contributed by atoms with Gasteiger partial charge in [-0.15, -0.1) is 0 Å². The number of benzene rings is 2. The van der Waals surface area contributed by atoms with Crippen LogP contribution in [-0.4, -0.2) is 20.9 Å². The van der Waals surface area contributed by atoms with Crippen LogP contribution < -0.4 is 4.74 Å². The van der Waals surface area contributed by atoms with Gasteiger partial charge in [-0.05, 0) is 65.3 Å². The van der Waals surface area contributed by atoms with Crippen molar-refractivity contribution in [1.82, 2.24) is 4.57 Å². The second-order valence-electron chi connectivity index (χ2n) is 8.93. The lowest BCUT2D eigenvalue weighted by Crippen LogP contribution is -2.37. The maximum Gasteiger partial charge on any atom is 0.122 e. The molecule has 0 saturated heterocycles. The van der Waals surface area contributed by atoms with Crippen molar-refractivity contribution in [3.8, 4) is 17.0 Å². The summed E-state index contributed by atoms with van der Waals surface area (Å²) in [6, 6.07) is 19.3. The monoisotopic (exact) mass is 365 g/mol. The highest BCUT2D eigenvalue weighted by molar-refractivity contribution is 5.88. The summed E-state index contributed by atoms with van der Waals surface area (Å²) < 4.78 is 8.62. The molecule has 0 fully saturated rings. The van der Waals surface area contributed by atoms with E-state index in [4.69, 9.17) is 4.74 Å². The zero-order chi connectivity index (χ0) is 19.8. The van der Waals surface area contributed by atoms with Gasteiger partial charge in [-0.25, -0.2) is 0 Å². The molecule has 1 N–H and O–H groups in total. The molecule has 0 spiro atoms. The molecule has 27 heavy (non-hydrogen) atoms. The van der Waals surface area contributed by atoms with E-state index < -0.39 is 11.2 Å². The zero-order valence-electron chi connectivity index (χ0n) is 17.3. The zero-order valence-corrected chi connectivity index (χ0v) is 17.3. The van der Waals surface area contributed by atoms with Crippen molar-refractivity contribution in [2.75, 3.05) is 0 Å². The summed E-state index contributed by atoms with van der Waals surface area (Å²) >= 11 is 0. The van der Waals surface area contributed by atoms with Gasteiger partial charge in [-0.2, -0.15) is 0 Å². The SMILES string of the molecule is CC(C)n1c(-c2ccccc2)cc2ccc(OC(C)(C)CC(C)(C)O)cc21. The van der Waals surface area contributed by atoms with Gasteiger partial charge >= 0.3 is 0 Å². The predicted octanol–water partition coefficient (Wildman–Crippen LogP) is 6.21. The third-order valence-electron chi connectivity index (χ3n) is 4.65. The minimum absolute atomic E-state index is 0.331. The van der Waals surface area contributed by atoms with Gasteiger partial charge in [-0.3, -0.25) is 0 Å². The number of hydrogen-bond acceptors (Lipinski definition) is 2. The van der Waals surface area contributed by atoms with Crippen LogP contribution in [0, 0.1) is 0 Å². The third-order valence-corrected chi connectivity index (χ3v) is 4.65. The molecule has 2 aromatic carbocycles. The lowest BCUT2D eigenvalue weighted by atomic mass is 9.92. The van der Waals surface area contributed by atoms with Crippen molar-refractivity contribution in [3.63, 3.8) is 0 Å². The maximum absolute atomic E-state index is 10.2. The van der Waals surface area contributed by atoms with Gasteiger partial charge in [0.25, 0.3) is 0 Å². The molecule has 3 nitrogen and oxygen atoms in total. The van der Waals surface area contributed by atoms with Crippen molar-refractivity contribution >= 4 is 10.9 Å². The Kier molecular flexibility index (Phi) is 5.09. The molecule has 0 amide bonds.